The number of imidazole rings is 1. The van der Waals surface area contributed by atoms with E-state index in [-0.39, 0.29) is 29.8 Å². The van der Waals surface area contributed by atoms with Crippen LogP contribution in [0.5, 0.6) is 0 Å². The number of alkyl carbamates (subject to hydrolysis) is 2. The molecule has 0 spiro atoms. The summed E-state index contributed by atoms with van der Waals surface area (Å²) < 4.78 is 9.26. The van der Waals surface area contributed by atoms with Crippen LogP contribution in [0.1, 0.15) is 70.9 Å². The molecule has 2 fully saturated rings. The molecule has 1 aromatic rings. The van der Waals surface area contributed by atoms with Gasteiger partial charge in [-0.3, -0.25) is 14.6 Å². The Kier molecular flexibility index (Phi) is 12.0. The zero-order valence-corrected chi connectivity index (χ0v) is 26.1. The summed E-state index contributed by atoms with van der Waals surface area (Å²) in [6.45, 7) is 8.17. The first-order valence-electron chi connectivity index (χ1n) is 14.7. The number of ether oxygens (including phenoxy) is 2. The summed E-state index contributed by atoms with van der Waals surface area (Å²) in [7, 11) is 2.50. The standard InChI is InChI=1S/C30H42N8O6/c1-18(2)24(36-30(42)44-6)28(40)37-15-9-13-22(37)25(31)33-19(3)11-7-8-12-21-17-32-26(35-21)23-14-10-16-38(23)27(39)20(4)34-29(41)43-5/h17-20,22-24H,9-10,13-16H2,1-6H3,(H2,31,33)(H,32,35)(H,34,41)(H,36,42)/t19?,20-,22+,23+,24+/m1/s1. The third-order valence-electron chi connectivity index (χ3n) is 7.49. The van der Waals surface area contributed by atoms with E-state index in [2.05, 4.69) is 58.7 Å². The molecule has 4 amide bonds. The largest absolute Gasteiger partial charge is 0.453 e. The van der Waals surface area contributed by atoms with E-state index in [1.165, 1.54) is 14.2 Å². The summed E-state index contributed by atoms with van der Waals surface area (Å²) in [5, 5.41) is 5.12. The van der Waals surface area contributed by atoms with Crippen LogP contribution in [0.4, 0.5) is 9.59 Å². The highest BCUT2D eigenvalue weighted by Crippen LogP contribution is 2.30. The van der Waals surface area contributed by atoms with Gasteiger partial charge in [0.15, 0.2) is 0 Å². The van der Waals surface area contributed by atoms with E-state index in [0.29, 0.717) is 36.9 Å². The molecular weight excluding hydrogens is 568 g/mol. The Hall–Kier alpha value is -4.72. The molecule has 0 saturated carbocycles. The van der Waals surface area contributed by atoms with Crippen LogP contribution in [0.25, 0.3) is 0 Å². The molecule has 14 nitrogen and oxygen atoms in total. The Morgan fingerprint density at radius 2 is 1.66 bits per heavy atom. The van der Waals surface area contributed by atoms with Gasteiger partial charge in [0.2, 0.25) is 11.8 Å². The van der Waals surface area contributed by atoms with Crippen LogP contribution in [-0.2, 0) is 19.1 Å². The van der Waals surface area contributed by atoms with Gasteiger partial charge in [-0.05, 0) is 63.2 Å². The number of nitrogens with two attached hydrogens (primary N) is 1. The first-order valence-corrected chi connectivity index (χ1v) is 14.7. The normalized spacial score (nSPS) is 20.0. The van der Waals surface area contributed by atoms with Gasteiger partial charge in [-0.15, -0.1) is 0 Å². The molecule has 3 rings (SSSR count). The van der Waals surface area contributed by atoms with E-state index in [0.717, 1.165) is 19.3 Å². The zero-order chi connectivity index (χ0) is 32.4. The fourth-order valence-electron chi connectivity index (χ4n) is 5.23. The van der Waals surface area contributed by atoms with E-state index in [4.69, 9.17) is 5.73 Å². The molecule has 0 aliphatic carbocycles. The van der Waals surface area contributed by atoms with Crippen molar-refractivity contribution >= 4 is 29.8 Å². The monoisotopic (exact) mass is 610 g/mol. The second-order valence-corrected chi connectivity index (χ2v) is 11.0. The summed E-state index contributed by atoms with van der Waals surface area (Å²) >= 11 is 0. The molecule has 5 atom stereocenters. The number of carbonyl (C=O) groups excluding carboxylic acids is 4. The average molecular weight is 611 g/mol. The molecule has 2 aliphatic rings. The van der Waals surface area contributed by atoms with E-state index < -0.39 is 30.3 Å². The van der Waals surface area contributed by atoms with E-state index >= 15 is 0 Å². The molecule has 238 valence electrons. The zero-order valence-electron chi connectivity index (χ0n) is 26.1. The Labute approximate surface area is 257 Å². The third-order valence-corrected chi connectivity index (χ3v) is 7.49. The predicted octanol–water partition coefficient (Wildman–Crippen LogP) is 1.29. The van der Waals surface area contributed by atoms with Gasteiger partial charge < -0.3 is 40.6 Å². The number of aliphatic imine (C=N–C) groups is 1. The number of aromatic nitrogens is 2. The molecule has 1 unspecified atom stereocenters. The number of H-pyrrole nitrogens is 1. The van der Waals surface area contributed by atoms with Crippen LogP contribution in [-0.4, -0.2) is 101 Å². The van der Waals surface area contributed by atoms with Gasteiger partial charge in [0, 0.05) is 13.1 Å². The minimum absolute atomic E-state index is 0.144. The summed E-state index contributed by atoms with van der Waals surface area (Å²) in [6.07, 6.45) is 3.23. The quantitative estimate of drug-likeness (QED) is 0.193. The first kappa shape index (κ1) is 33.8. The number of rotatable bonds is 8. The minimum Gasteiger partial charge on any atom is -0.453 e. The number of carbonyl (C=O) groups is 4. The fraction of sp³-hybridized carbons (Fsp3) is 0.600. The Balaban J connectivity index is 1.62. The van der Waals surface area contributed by atoms with Crippen LogP contribution in [0.15, 0.2) is 11.2 Å². The highest BCUT2D eigenvalue weighted by molar-refractivity contribution is 5.93. The van der Waals surface area contributed by atoms with Gasteiger partial charge in [-0.25, -0.2) is 14.6 Å². The second kappa shape index (κ2) is 15.7. The average Bonchev–Trinajstić information content (AvgIpc) is 3.77. The van der Waals surface area contributed by atoms with E-state index in [9.17, 15) is 19.2 Å². The smallest absolute Gasteiger partial charge is 0.407 e. The van der Waals surface area contributed by atoms with Crippen molar-refractivity contribution in [3.05, 3.63) is 17.7 Å². The number of nitrogens with one attached hydrogen (secondary N) is 3. The van der Waals surface area contributed by atoms with Crippen molar-refractivity contribution in [2.45, 2.75) is 83.6 Å². The van der Waals surface area contributed by atoms with Gasteiger partial charge in [-0.1, -0.05) is 19.8 Å². The number of methoxy groups -OCH3 is 2. The molecule has 3 heterocycles. The summed E-state index contributed by atoms with van der Waals surface area (Å²) in [5.74, 6) is 11.8. The molecule has 2 aliphatic heterocycles. The van der Waals surface area contributed by atoms with Crippen LogP contribution < -0.4 is 16.4 Å². The maximum atomic E-state index is 13.3. The lowest BCUT2D eigenvalue weighted by Crippen LogP contribution is -2.54. The predicted molar refractivity (Wildman–Crippen MR) is 162 cm³/mol. The number of hydrogen-bond donors (Lipinski definition) is 4. The summed E-state index contributed by atoms with van der Waals surface area (Å²) in [5.41, 5.74) is 6.87. The number of amidine groups is 1. The van der Waals surface area contributed by atoms with Crippen molar-refractivity contribution in [3.8, 4) is 23.7 Å². The van der Waals surface area contributed by atoms with Crippen LogP contribution in [0, 0.1) is 29.6 Å². The summed E-state index contributed by atoms with van der Waals surface area (Å²) in [6, 6.07) is -2.58. The molecule has 0 aromatic carbocycles. The molecule has 0 bridgehead atoms. The second-order valence-electron chi connectivity index (χ2n) is 11.0. The Morgan fingerprint density at radius 3 is 2.34 bits per heavy atom. The number of amides is 4. The van der Waals surface area contributed by atoms with Gasteiger partial charge in [0.25, 0.3) is 0 Å². The van der Waals surface area contributed by atoms with Crippen molar-refractivity contribution in [1.29, 1.82) is 0 Å². The SMILES string of the molecule is COC(=O)N[C@H](C(=O)N1CCC[C@H]1C(N)=NC(C)C#CC#Cc1cnc([C@@H]2CCCN2C(=O)[C@@H](C)NC(=O)OC)[nH]1)C(C)C. The summed E-state index contributed by atoms with van der Waals surface area (Å²) in [4.78, 5) is 64.8. The maximum Gasteiger partial charge on any atom is 0.407 e. The number of aromatic amines is 1. The maximum absolute atomic E-state index is 13.3. The number of nitrogens with zero attached hydrogens (tertiary/aromatic N) is 4. The third kappa shape index (κ3) is 8.66. The molecule has 14 heteroatoms. The van der Waals surface area contributed by atoms with E-state index in [1.54, 1.807) is 29.8 Å². The van der Waals surface area contributed by atoms with E-state index in [1.807, 2.05) is 13.8 Å². The highest BCUT2D eigenvalue weighted by Gasteiger charge is 2.37. The Bertz CT molecular complexity index is 1370. The molecule has 2 saturated heterocycles. The number of hydrogen-bond acceptors (Lipinski definition) is 8. The van der Waals surface area contributed by atoms with Gasteiger partial charge in [0.05, 0.1) is 32.5 Å². The van der Waals surface area contributed by atoms with Crippen molar-refractivity contribution in [2.24, 2.45) is 16.6 Å². The Morgan fingerprint density at radius 1 is 1.00 bits per heavy atom. The molecule has 0 radical (unpaired) electrons. The lowest BCUT2D eigenvalue weighted by atomic mass is 10.0. The highest BCUT2D eigenvalue weighted by atomic mass is 16.5. The molecular formula is C30H42N8O6. The van der Waals surface area contributed by atoms with Crippen LogP contribution in [0.3, 0.4) is 0 Å². The lowest BCUT2D eigenvalue weighted by molar-refractivity contribution is -0.134. The fourth-order valence-corrected chi connectivity index (χ4v) is 5.23. The molecule has 44 heavy (non-hydrogen) atoms. The molecule has 1 aromatic heterocycles. The van der Waals surface area contributed by atoms with Crippen LogP contribution in [0.2, 0.25) is 0 Å². The van der Waals surface area contributed by atoms with Crippen molar-refractivity contribution in [3.63, 3.8) is 0 Å². The minimum atomic E-state index is -0.740. The van der Waals surface area contributed by atoms with Gasteiger partial charge in [0.1, 0.15) is 35.5 Å². The van der Waals surface area contributed by atoms with Crippen molar-refractivity contribution < 1.29 is 28.7 Å². The first-order chi connectivity index (χ1) is 21.0. The van der Waals surface area contributed by atoms with Crippen molar-refractivity contribution in [1.82, 2.24) is 30.4 Å². The van der Waals surface area contributed by atoms with Gasteiger partial charge >= 0.3 is 12.2 Å². The lowest BCUT2D eigenvalue weighted by Gasteiger charge is -2.30. The van der Waals surface area contributed by atoms with Crippen molar-refractivity contribution in [2.75, 3.05) is 27.3 Å². The van der Waals surface area contributed by atoms with Gasteiger partial charge in [-0.2, -0.15) is 0 Å². The molecule has 5 N–H and O–H groups in total. The topological polar surface area (TPSA) is 184 Å². The van der Waals surface area contributed by atoms with Crippen LogP contribution >= 0.6 is 0 Å². The number of likely N-dealkylation sites (tertiary alicyclic amines) is 2.